The topological polar surface area (TPSA) is 23.5 Å². The van der Waals surface area contributed by atoms with E-state index in [1.165, 1.54) is 21.5 Å². The van der Waals surface area contributed by atoms with Crippen molar-refractivity contribution in [2.24, 2.45) is 0 Å². The third-order valence-corrected chi connectivity index (χ3v) is 5.68. The molecule has 126 valence electrons. The van der Waals surface area contributed by atoms with Crippen LogP contribution in [0.4, 0.5) is 0 Å². The van der Waals surface area contributed by atoms with Crippen LogP contribution in [0, 0.1) is 0 Å². The van der Waals surface area contributed by atoms with E-state index in [0.29, 0.717) is 0 Å². The summed E-state index contributed by atoms with van der Waals surface area (Å²) in [6.45, 7) is 8.26. The molecule has 0 amide bonds. The van der Waals surface area contributed by atoms with Gasteiger partial charge in [0.1, 0.15) is 0 Å². The predicted molar refractivity (Wildman–Crippen MR) is 106 cm³/mol. The lowest BCUT2D eigenvalue weighted by Gasteiger charge is -2.30. The van der Waals surface area contributed by atoms with Crippen LogP contribution in [0.25, 0.3) is 21.5 Å². The summed E-state index contributed by atoms with van der Waals surface area (Å²) in [7, 11) is 0. The Hall–Kier alpha value is -1.42. The second-order valence-electron chi connectivity index (χ2n) is 6.29. The molecule has 0 aliphatic carbocycles. The normalized spacial score (nSPS) is 14.4. The van der Waals surface area contributed by atoms with Gasteiger partial charge in [-0.2, -0.15) is 0 Å². The average Bonchev–Trinajstić information content (AvgIpc) is 2.62. The number of likely N-dealkylation sites (N-methyl/N-ethyl adjacent to an activating group) is 1. The van der Waals surface area contributed by atoms with Crippen molar-refractivity contribution in [3.63, 3.8) is 0 Å². The van der Waals surface area contributed by atoms with Crippen LogP contribution in [0.15, 0.2) is 53.0 Å². The van der Waals surface area contributed by atoms with E-state index < -0.39 is 6.10 Å². The van der Waals surface area contributed by atoms with Crippen molar-refractivity contribution in [2.45, 2.75) is 32.9 Å². The first-order chi connectivity index (χ1) is 11.6. The molecule has 0 aliphatic heterocycles. The number of rotatable bonds is 5. The van der Waals surface area contributed by atoms with Crippen LogP contribution in [-0.2, 0) is 0 Å². The fourth-order valence-electron chi connectivity index (χ4n) is 3.54. The number of hydrogen-bond acceptors (Lipinski definition) is 2. The molecule has 24 heavy (non-hydrogen) atoms. The Kier molecular flexibility index (Phi) is 5.24. The molecule has 2 nitrogen and oxygen atoms in total. The van der Waals surface area contributed by atoms with E-state index in [9.17, 15) is 5.11 Å². The maximum Gasteiger partial charge on any atom is 0.0942 e. The minimum Gasteiger partial charge on any atom is -0.387 e. The quantitative estimate of drug-likeness (QED) is 0.584. The highest BCUT2D eigenvalue weighted by molar-refractivity contribution is 9.10. The van der Waals surface area contributed by atoms with Crippen molar-refractivity contribution in [3.8, 4) is 0 Å². The van der Waals surface area contributed by atoms with Crippen LogP contribution >= 0.6 is 15.9 Å². The first kappa shape index (κ1) is 17.4. The largest absolute Gasteiger partial charge is 0.387 e. The molecule has 0 heterocycles. The molecule has 3 rings (SSSR count). The smallest absolute Gasteiger partial charge is 0.0942 e. The Morgan fingerprint density at radius 1 is 0.958 bits per heavy atom. The Labute approximate surface area is 152 Å². The van der Waals surface area contributed by atoms with Gasteiger partial charge in [-0.1, -0.05) is 66.2 Å². The standard InChI is InChI=1S/C21H24BrNO/c1-4-23(5-2)14(3)21(24)16-11-10-15-13-20(22)18-9-7-6-8-17(18)19(15)12-16/h6-14,21,24H,4-5H2,1-3H3/t14-,21-/m0/s1. The van der Waals surface area contributed by atoms with Gasteiger partial charge in [0, 0.05) is 10.5 Å². The van der Waals surface area contributed by atoms with Crippen molar-refractivity contribution in [1.82, 2.24) is 4.90 Å². The fourth-order valence-corrected chi connectivity index (χ4v) is 4.13. The van der Waals surface area contributed by atoms with E-state index in [4.69, 9.17) is 0 Å². The molecule has 0 saturated heterocycles. The summed E-state index contributed by atoms with van der Waals surface area (Å²) in [5.41, 5.74) is 0.981. The first-order valence-corrected chi connectivity index (χ1v) is 9.39. The van der Waals surface area contributed by atoms with E-state index in [2.05, 4.69) is 84.1 Å². The average molecular weight is 386 g/mol. The summed E-state index contributed by atoms with van der Waals surface area (Å²) < 4.78 is 1.11. The van der Waals surface area contributed by atoms with Crippen LogP contribution in [0.2, 0.25) is 0 Å². The zero-order valence-corrected chi connectivity index (χ0v) is 16.0. The number of aliphatic hydroxyl groups is 1. The molecule has 3 aromatic rings. The van der Waals surface area contributed by atoms with Gasteiger partial charge in [-0.15, -0.1) is 0 Å². The van der Waals surface area contributed by atoms with E-state index >= 15 is 0 Å². The monoisotopic (exact) mass is 385 g/mol. The van der Waals surface area contributed by atoms with Gasteiger partial charge in [-0.25, -0.2) is 0 Å². The molecule has 0 fully saturated rings. The Morgan fingerprint density at radius 3 is 2.29 bits per heavy atom. The zero-order valence-electron chi connectivity index (χ0n) is 14.5. The van der Waals surface area contributed by atoms with Gasteiger partial charge in [0.05, 0.1) is 6.10 Å². The number of fused-ring (bicyclic) bond motifs is 3. The minimum absolute atomic E-state index is 0.0964. The highest BCUT2D eigenvalue weighted by Crippen LogP contribution is 2.34. The van der Waals surface area contributed by atoms with Crippen molar-refractivity contribution in [2.75, 3.05) is 13.1 Å². The Bertz CT molecular complexity index is 857. The van der Waals surface area contributed by atoms with Gasteiger partial charge >= 0.3 is 0 Å². The van der Waals surface area contributed by atoms with Crippen LogP contribution in [0.5, 0.6) is 0 Å². The third-order valence-electron chi connectivity index (χ3n) is 5.02. The maximum absolute atomic E-state index is 10.9. The summed E-state index contributed by atoms with van der Waals surface area (Å²) in [5, 5.41) is 15.7. The molecule has 0 unspecified atom stereocenters. The summed E-state index contributed by atoms with van der Waals surface area (Å²) >= 11 is 3.67. The molecule has 1 N–H and O–H groups in total. The highest BCUT2D eigenvalue weighted by atomic mass is 79.9. The molecule has 0 bridgehead atoms. The van der Waals surface area contributed by atoms with Crippen LogP contribution in [-0.4, -0.2) is 29.1 Å². The zero-order chi connectivity index (χ0) is 17.3. The molecular weight excluding hydrogens is 362 g/mol. The van der Waals surface area contributed by atoms with Gasteiger partial charge < -0.3 is 5.11 Å². The van der Waals surface area contributed by atoms with E-state index in [-0.39, 0.29) is 6.04 Å². The van der Waals surface area contributed by atoms with Gasteiger partial charge in [0.25, 0.3) is 0 Å². The molecule has 3 heteroatoms. The second-order valence-corrected chi connectivity index (χ2v) is 7.15. The summed E-state index contributed by atoms with van der Waals surface area (Å²) in [6.07, 6.45) is -0.489. The first-order valence-electron chi connectivity index (χ1n) is 8.59. The highest BCUT2D eigenvalue weighted by Gasteiger charge is 2.21. The molecule has 0 saturated carbocycles. The number of nitrogens with zero attached hydrogens (tertiary/aromatic N) is 1. The summed E-state index contributed by atoms with van der Waals surface area (Å²) in [4.78, 5) is 2.29. The molecule has 0 spiro atoms. The number of aliphatic hydroxyl groups excluding tert-OH is 1. The molecule has 2 atom stereocenters. The van der Waals surface area contributed by atoms with Crippen LogP contribution < -0.4 is 0 Å². The van der Waals surface area contributed by atoms with Crippen LogP contribution in [0.1, 0.15) is 32.4 Å². The van der Waals surface area contributed by atoms with Gasteiger partial charge in [0.15, 0.2) is 0 Å². The van der Waals surface area contributed by atoms with Crippen molar-refractivity contribution < 1.29 is 5.11 Å². The molecule has 0 aliphatic rings. The minimum atomic E-state index is -0.489. The molecule has 0 aromatic heterocycles. The molecule has 0 radical (unpaired) electrons. The van der Waals surface area contributed by atoms with Crippen molar-refractivity contribution >= 4 is 37.5 Å². The van der Waals surface area contributed by atoms with E-state index in [1.807, 2.05) is 6.07 Å². The second kappa shape index (κ2) is 7.22. The summed E-state index contributed by atoms with van der Waals surface area (Å²) in [5.74, 6) is 0. The number of hydrogen-bond donors (Lipinski definition) is 1. The van der Waals surface area contributed by atoms with Gasteiger partial charge in [0.2, 0.25) is 0 Å². The van der Waals surface area contributed by atoms with E-state index in [1.54, 1.807) is 0 Å². The van der Waals surface area contributed by atoms with E-state index in [0.717, 1.165) is 23.1 Å². The lowest BCUT2D eigenvalue weighted by atomic mass is 9.96. The van der Waals surface area contributed by atoms with Gasteiger partial charge in [-0.3, -0.25) is 4.90 Å². The Balaban J connectivity index is 2.11. The third kappa shape index (κ3) is 3.08. The summed E-state index contributed by atoms with van der Waals surface area (Å²) in [6, 6.07) is 17.0. The molecular formula is C21H24BrNO. The van der Waals surface area contributed by atoms with Crippen molar-refractivity contribution in [3.05, 3.63) is 58.6 Å². The van der Waals surface area contributed by atoms with Gasteiger partial charge in [-0.05, 0) is 59.3 Å². The maximum atomic E-state index is 10.9. The molecule has 3 aromatic carbocycles. The van der Waals surface area contributed by atoms with Crippen LogP contribution in [0.3, 0.4) is 0 Å². The predicted octanol–water partition coefficient (Wildman–Crippen LogP) is 5.52. The van der Waals surface area contributed by atoms with Crippen molar-refractivity contribution in [1.29, 1.82) is 0 Å². The lowest BCUT2D eigenvalue weighted by molar-refractivity contribution is 0.0639. The lowest BCUT2D eigenvalue weighted by Crippen LogP contribution is -2.37. The number of benzene rings is 3. The fraction of sp³-hybridized carbons (Fsp3) is 0.333. The SMILES string of the molecule is CCN(CC)[C@@H](C)[C@H](O)c1ccc2cc(Br)c3ccccc3c2c1. The number of halogens is 1. The Morgan fingerprint density at radius 2 is 1.62 bits per heavy atom.